The van der Waals surface area contributed by atoms with E-state index >= 15 is 0 Å². The van der Waals surface area contributed by atoms with Gasteiger partial charge in [-0.3, -0.25) is 9.59 Å². The molecule has 2 saturated heterocycles. The first kappa shape index (κ1) is 32.9. The summed E-state index contributed by atoms with van der Waals surface area (Å²) in [5.41, 5.74) is 3.89. The highest BCUT2D eigenvalue weighted by Crippen LogP contribution is 2.40. The minimum atomic E-state index is -5.24. The van der Waals surface area contributed by atoms with Crippen molar-refractivity contribution in [3.05, 3.63) is 48.1 Å². The number of hydrogen-bond acceptors (Lipinski definition) is 15. The zero-order valence-corrected chi connectivity index (χ0v) is 26.1. The lowest BCUT2D eigenvalue weighted by atomic mass is 9.74. The molecule has 18 nitrogen and oxygen atoms in total. The number of imidazole rings is 1. The molecule has 2 fully saturated rings. The number of hydroxylamine groups is 2. The predicted octanol–water partition coefficient (Wildman–Crippen LogP) is -0.741. The third-order valence-corrected chi connectivity index (χ3v) is 8.42. The Hall–Kier alpha value is -4.50. The summed E-state index contributed by atoms with van der Waals surface area (Å²) < 4.78 is 46.7. The van der Waals surface area contributed by atoms with Crippen LogP contribution in [0.5, 0.6) is 5.75 Å². The predicted molar refractivity (Wildman–Crippen MR) is 156 cm³/mol. The van der Waals surface area contributed by atoms with Crippen molar-refractivity contribution in [3.8, 4) is 11.6 Å². The van der Waals surface area contributed by atoms with E-state index in [0.29, 0.717) is 16.8 Å². The van der Waals surface area contributed by atoms with Crippen molar-refractivity contribution in [1.82, 2.24) is 24.9 Å². The number of nitrogens with one attached hydrogen (secondary N) is 1. The molecule has 0 spiro atoms. The first-order valence-corrected chi connectivity index (χ1v) is 16.0. The van der Waals surface area contributed by atoms with Crippen LogP contribution in [0.4, 0.5) is 5.13 Å². The van der Waals surface area contributed by atoms with Gasteiger partial charge in [0.1, 0.15) is 30.4 Å². The Labute approximate surface area is 266 Å². The van der Waals surface area contributed by atoms with E-state index in [-0.39, 0.29) is 16.6 Å². The molecule has 5 rings (SSSR count). The lowest BCUT2D eigenvalue weighted by Gasteiger charge is -2.51. The van der Waals surface area contributed by atoms with Crippen molar-refractivity contribution < 1.29 is 50.9 Å². The van der Waals surface area contributed by atoms with Crippen molar-refractivity contribution in [2.75, 3.05) is 25.4 Å². The van der Waals surface area contributed by atoms with Gasteiger partial charge in [-0.2, -0.15) is 13.9 Å². The number of amides is 1. The number of hydrogen-bond donors (Lipinski definition) is 3. The Morgan fingerprint density at radius 2 is 2.11 bits per heavy atom. The van der Waals surface area contributed by atoms with Gasteiger partial charge in [-0.1, -0.05) is 5.16 Å². The number of aliphatic carboxylic acids is 1. The number of carboxylic acids is 1. The SMILES string of the molecule is CC1(C)[C@H](CC(=O)/C(=N\OC(COc2ccc(-n3cc[n+](CC4CNC4)c3)nc2)C(=O)O)c2csc(N)n2)C(=O)N1OS(=O)(=O)[O-]. The molecule has 4 N–H and O–H groups in total. The van der Waals surface area contributed by atoms with Crippen LogP contribution in [-0.4, -0.2) is 92.4 Å². The number of thiazole rings is 1. The molecule has 246 valence electrons. The molecule has 2 atom stereocenters. The quantitative estimate of drug-likeness (QED) is 0.0448. The van der Waals surface area contributed by atoms with Gasteiger partial charge >= 0.3 is 5.97 Å². The van der Waals surface area contributed by atoms with E-state index in [9.17, 15) is 32.5 Å². The Kier molecular flexibility index (Phi) is 9.35. The number of nitrogen functional groups attached to an aromatic ring is 1. The highest BCUT2D eigenvalue weighted by Gasteiger charge is 2.57. The van der Waals surface area contributed by atoms with E-state index in [2.05, 4.69) is 29.3 Å². The molecule has 0 saturated carbocycles. The number of ketones is 1. The average molecular weight is 679 g/mol. The smallest absolute Gasteiger partial charge is 0.351 e. The summed E-state index contributed by atoms with van der Waals surface area (Å²) in [7, 11) is -5.24. The summed E-state index contributed by atoms with van der Waals surface area (Å²) >= 11 is 0.979. The van der Waals surface area contributed by atoms with Crippen LogP contribution < -0.4 is 20.4 Å². The molecule has 0 aromatic carbocycles. The number of nitrogens with two attached hydrogens (primary N) is 1. The van der Waals surface area contributed by atoms with Gasteiger partial charge in [-0.05, 0) is 19.9 Å². The van der Waals surface area contributed by atoms with Gasteiger partial charge in [0.25, 0.3) is 12.0 Å². The maximum absolute atomic E-state index is 13.3. The van der Waals surface area contributed by atoms with Gasteiger partial charge in [0, 0.05) is 36.9 Å². The normalized spacial score (nSPS) is 18.8. The standard InChI is InChI=1S/C26H30N8O10S2/c1-26(2)17(23(36)34(26)44-46(39,40)41)7-19(35)22(18-13-45-25(27)30-18)31-43-20(24(37)38)12-42-16-3-4-21(29-10-16)33-6-5-32(14-33)11-15-8-28-9-15/h3-6,10,13-15,17,20,28H,7-9,11-12H2,1-2H3,(H3-,27,30,37,38,39,40,41)/b31-22-/t17-,20?/m1/s1. The number of carbonyl (C=O) groups excluding carboxylic acids is 2. The number of aromatic nitrogens is 4. The van der Waals surface area contributed by atoms with Gasteiger partial charge in [0.05, 0.1) is 24.2 Å². The van der Waals surface area contributed by atoms with Crippen molar-refractivity contribution in [1.29, 1.82) is 0 Å². The van der Waals surface area contributed by atoms with Crippen LogP contribution in [-0.2, 0) is 40.4 Å². The number of carboxylic acid groups (broad SMARTS) is 1. The lowest BCUT2D eigenvalue weighted by molar-refractivity contribution is -0.703. The van der Waals surface area contributed by atoms with E-state index in [1.165, 1.54) is 25.4 Å². The number of anilines is 1. The number of β-lactam (4-membered cyclic amide) rings is 1. The summed E-state index contributed by atoms with van der Waals surface area (Å²) in [5.74, 6) is -2.80. The third-order valence-electron chi connectivity index (χ3n) is 7.42. The zero-order valence-electron chi connectivity index (χ0n) is 24.5. The van der Waals surface area contributed by atoms with E-state index in [0.717, 1.165) is 31.0 Å². The third kappa shape index (κ3) is 7.48. The Balaban J connectivity index is 1.23. The van der Waals surface area contributed by atoms with Gasteiger partial charge in [0.15, 0.2) is 16.6 Å². The largest absolute Gasteiger partial charge is 0.724 e. The molecular formula is C26H30N8O10S2. The topological polar surface area (TPSA) is 245 Å². The molecule has 0 bridgehead atoms. The minimum Gasteiger partial charge on any atom is -0.724 e. The number of carbonyl (C=O) groups is 3. The van der Waals surface area contributed by atoms with Crippen LogP contribution in [0.2, 0.25) is 0 Å². The second-order valence-corrected chi connectivity index (χ2v) is 13.0. The molecule has 0 aliphatic carbocycles. The van der Waals surface area contributed by atoms with Gasteiger partial charge < -0.3 is 30.3 Å². The molecule has 1 unspecified atom stereocenters. The molecule has 1 amide bonds. The van der Waals surface area contributed by atoms with E-state index in [1.807, 2.05) is 23.3 Å². The highest BCUT2D eigenvalue weighted by atomic mass is 32.3. The van der Waals surface area contributed by atoms with Crippen LogP contribution in [0, 0.1) is 11.8 Å². The Bertz CT molecular complexity index is 1750. The number of pyridine rings is 1. The first-order chi connectivity index (χ1) is 21.7. The summed E-state index contributed by atoms with van der Waals surface area (Å²) in [6, 6.07) is 3.31. The fraction of sp³-hybridized carbons (Fsp3) is 0.423. The molecule has 5 heterocycles. The maximum Gasteiger partial charge on any atom is 0.351 e. The average Bonchev–Trinajstić information content (AvgIpc) is 3.62. The van der Waals surface area contributed by atoms with Gasteiger partial charge in [-0.15, -0.1) is 11.3 Å². The number of rotatable bonds is 15. The van der Waals surface area contributed by atoms with Crippen LogP contribution >= 0.6 is 11.3 Å². The summed E-state index contributed by atoms with van der Waals surface area (Å²) in [4.78, 5) is 51.3. The fourth-order valence-electron chi connectivity index (χ4n) is 4.74. The molecule has 3 aromatic rings. The second kappa shape index (κ2) is 13.1. The first-order valence-electron chi connectivity index (χ1n) is 13.8. The molecule has 2 aliphatic rings. The summed E-state index contributed by atoms with van der Waals surface area (Å²) in [6.07, 6.45) is 4.98. The second-order valence-electron chi connectivity index (χ2n) is 11.1. The van der Waals surface area contributed by atoms with Crippen molar-refractivity contribution >= 4 is 50.2 Å². The molecule has 46 heavy (non-hydrogen) atoms. The van der Waals surface area contributed by atoms with Crippen molar-refractivity contribution in [3.63, 3.8) is 0 Å². The molecular weight excluding hydrogens is 648 g/mol. The van der Waals surface area contributed by atoms with Crippen molar-refractivity contribution in [2.24, 2.45) is 17.0 Å². The fourth-order valence-corrected chi connectivity index (χ4v) is 5.74. The molecule has 0 radical (unpaired) electrons. The molecule has 2 aliphatic heterocycles. The summed E-state index contributed by atoms with van der Waals surface area (Å²) in [5, 5.41) is 18.6. The monoisotopic (exact) mass is 678 g/mol. The van der Waals surface area contributed by atoms with E-state index in [1.54, 1.807) is 12.1 Å². The highest BCUT2D eigenvalue weighted by molar-refractivity contribution is 7.80. The Morgan fingerprint density at radius 1 is 1.35 bits per heavy atom. The van der Waals surface area contributed by atoms with Crippen LogP contribution in [0.3, 0.4) is 0 Å². The number of ether oxygens (including phenoxy) is 1. The number of nitrogens with zero attached hydrogens (tertiary/aromatic N) is 6. The number of Topliss-reactive ketones (excluding diaryl/α,β-unsaturated/α-hetero) is 1. The van der Waals surface area contributed by atoms with E-state index in [4.69, 9.17) is 15.3 Å². The van der Waals surface area contributed by atoms with Crippen LogP contribution in [0.25, 0.3) is 5.82 Å². The van der Waals surface area contributed by atoms with Crippen LogP contribution in [0.1, 0.15) is 26.0 Å². The molecule has 3 aromatic heterocycles. The lowest BCUT2D eigenvalue weighted by Crippen LogP contribution is -2.68. The zero-order chi connectivity index (χ0) is 33.2. The van der Waals surface area contributed by atoms with Crippen molar-refractivity contribution in [2.45, 2.75) is 38.5 Å². The minimum absolute atomic E-state index is 0.0344. The van der Waals surface area contributed by atoms with E-state index < -0.39 is 64.4 Å². The van der Waals surface area contributed by atoms with Crippen LogP contribution in [0.15, 0.2) is 47.6 Å². The summed E-state index contributed by atoms with van der Waals surface area (Å²) in [6.45, 7) is 5.15. The number of oxime groups is 1. The maximum atomic E-state index is 13.3. The van der Waals surface area contributed by atoms with Gasteiger partial charge in [0.2, 0.25) is 22.5 Å². The molecule has 20 heteroatoms. The Morgan fingerprint density at radius 3 is 2.67 bits per heavy atom. The van der Waals surface area contributed by atoms with Gasteiger partial charge in [-0.25, -0.2) is 27.7 Å².